The minimum absolute atomic E-state index is 0.186. The fourth-order valence-electron chi connectivity index (χ4n) is 5.41. The number of carbonyl (C=O) groups excluding carboxylic acids is 1. The minimum Gasteiger partial charge on any atom is -0.497 e. The Kier molecular flexibility index (Phi) is 10.2. The van der Waals surface area contributed by atoms with Gasteiger partial charge in [0.05, 0.1) is 37.1 Å². The third kappa shape index (κ3) is 6.54. The van der Waals surface area contributed by atoms with Crippen molar-refractivity contribution < 1.29 is 23.7 Å². The summed E-state index contributed by atoms with van der Waals surface area (Å²) in [6.07, 6.45) is 1.79. The maximum atomic E-state index is 14.2. The predicted molar refractivity (Wildman–Crippen MR) is 180 cm³/mol. The van der Waals surface area contributed by atoms with Crippen LogP contribution in [-0.2, 0) is 11.4 Å². The van der Waals surface area contributed by atoms with E-state index in [1.807, 2.05) is 62.4 Å². The summed E-state index contributed by atoms with van der Waals surface area (Å²) in [5, 5.41) is 0.659. The van der Waals surface area contributed by atoms with Crippen LogP contribution in [0.15, 0.2) is 81.7 Å². The number of ether oxygens (including phenoxy) is 4. The highest BCUT2D eigenvalue weighted by molar-refractivity contribution is 7.07. The number of methoxy groups -OCH3 is 3. The molecule has 0 bridgehead atoms. The molecule has 0 saturated carbocycles. The first-order valence-electron chi connectivity index (χ1n) is 14.8. The number of likely N-dealkylation sites (N-methyl/N-ethyl adjacent to an activating group) is 1. The van der Waals surface area contributed by atoms with E-state index in [2.05, 4.69) is 0 Å². The SMILES string of the molecule is CCN(CC)C(=O)C1=C(C)N=c2s/c(=C/c3ccc(OCc4ccc(Cl)cc4)c(OC)c3)c(=O)n2[C@H]1c1cc(OC)ccc1OC. The largest absolute Gasteiger partial charge is 0.497 e. The van der Waals surface area contributed by atoms with E-state index >= 15 is 0 Å². The van der Waals surface area contributed by atoms with Crippen LogP contribution < -0.4 is 33.8 Å². The smallest absolute Gasteiger partial charge is 0.271 e. The van der Waals surface area contributed by atoms with Crippen molar-refractivity contribution in [3.05, 3.63) is 113 Å². The van der Waals surface area contributed by atoms with Crippen molar-refractivity contribution in [2.24, 2.45) is 4.99 Å². The Morgan fingerprint density at radius 3 is 2.30 bits per heavy atom. The third-order valence-corrected chi connectivity index (χ3v) is 9.06. The van der Waals surface area contributed by atoms with Crippen LogP contribution in [0.2, 0.25) is 5.02 Å². The van der Waals surface area contributed by atoms with E-state index in [4.69, 9.17) is 35.5 Å². The zero-order chi connectivity index (χ0) is 33.0. The third-order valence-electron chi connectivity index (χ3n) is 7.83. The first kappa shape index (κ1) is 32.8. The number of hydrogen-bond acceptors (Lipinski definition) is 8. The molecule has 0 fully saturated rings. The molecule has 11 heteroatoms. The van der Waals surface area contributed by atoms with E-state index in [0.29, 0.717) is 73.9 Å². The van der Waals surface area contributed by atoms with Crippen LogP contribution in [0.5, 0.6) is 23.0 Å². The van der Waals surface area contributed by atoms with E-state index in [-0.39, 0.29) is 11.5 Å². The number of fused-ring (bicyclic) bond motifs is 1. The summed E-state index contributed by atoms with van der Waals surface area (Å²) in [6.45, 7) is 7.03. The van der Waals surface area contributed by atoms with Crippen molar-refractivity contribution in [2.75, 3.05) is 34.4 Å². The topological polar surface area (TPSA) is 91.6 Å². The molecule has 9 nitrogen and oxygen atoms in total. The van der Waals surface area contributed by atoms with Crippen molar-refractivity contribution in [2.45, 2.75) is 33.4 Å². The molecule has 0 unspecified atom stereocenters. The number of nitrogens with zero attached hydrogens (tertiary/aromatic N) is 3. The lowest BCUT2D eigenvalue weighted by Crippen LogP contribution is -2.43. The van der Waals surface area contributed by atoms with E-state index in [9.17, 15) is 9.59 Å². The average molecular weight is 662 g/mol. The summed E-state index contributed by atoms with van der Waals surface area (Å²) in [4.78, 5) is 35.2. The quantitative estimate of drug-likeness (QED) is 0.215. The highest BCUT2D eigenvalue weighted by atomic mass is 35.5. The van der Waals surface area contributed by atoms with Gasteiger partial charge in [0.1, 0.15) is 24.1 Å². The number of amides is 1. The van der Waals surface area contributed by atoms with Crippen molar-refractivity contribution >= 4 is 34.9 Å². The Labute approximate surface area is 276 Å². The molecule has 1 atom stereocenters. The summed E-state index contributed by atoms with van der Waals surface area (Å²) in [5.41, 5.74) is 3.02. The molecule has 46 heavy (non-hydrogen) atoms. The number of carbonyl (C=O) groups is 1. The number of thiazole rings is 1. The van der Waals surface area contributed by atoms with E-state index in [0.717, 1.165) is 11.1 Å². The van der Waals surface area contributed by atoms with Gasteiger partial charge in [-0.2, -0.15) is 0 Å². The van der Waals surface area contributed by atoms with Gasteiger partial charge in [0.2, 0.25) is 0 Å². The number of rotatable bonds is 11. The fourth-order valence-corrected chi connectivity index (χ4v) is 6.58. The van der Waals surface area contributed by atoms with Crippen LogP contribution in [0.1, 0.15) is 43.5 Å². The first-order chi connectivity index (χ1) is 22.2. The van der Waals surface area contributed by atoms with Gasteiger partial charge in [-0.3, -0.25) is 14.2 Å². The van der Waals surface area contributed by atoms with Crippen molar-refractivity contribution in [1.82, 2.24) is 9.47 Å². The Morgan fingerprint density at radius 2 is 1.65 bits per heavy atom. The lowest BCUT2D eigenvalue weighted by Gasteiger charge is -2.30. The summed E-state index contributed by atoms with van der Waals surface area (Å²) < 4.78 is 24.9. The molecule has 0 aliphatic carbocycles. The van der Waals surface area contributed by atoms with Gasteiger partial charge < -0.3 is 23.8 Å². The molecule has 0 N–H and O–H groups in total. The van der Waals surface area contributed by atoms with Crippen molar-refractivity contribution in [3.8, 4) is 23.0 Å². The Morgan fingerprint density at radius 1 is 0.957 bits per heavy atom. The van der Waals surface area contributed by atoms with E-state index in [1.54, 1.807) is 55.9 Å². The van der Waals surface area contributed by atoms with Gasteiger partial charge in [0.15, 0.2) is 16.3 Å². The second kappa shape index (κ2) is 14.3. The number of halogens is 1. The lowest BCUT2D eigenvalue weighted by atomic mass is 9.93. The fraction of sp³-hybridized carbons (Fsp3) is 0.286. The standard InChI is InChI=1S/C35H36ClN3O6S/c1-7-38(8-2)34(41)31-21(3)37-35-39(32(31)26-19-25(42-4)14-16-27(26)43-5)33(40)30(46-35)18-23-11-15-28(29(17-23)44-6)45-20-22-9-12-24(36)13-10-22/h9-19,32H,7-8,20H2,1-6H3/b30-18+/t32-/m0/s1. The molecule has 4 aromatic rings. The monoisotopic (exact) mass is 661 g/mol. The maximum absolute atomic E-state index is 14.2. The molecule has 1 aromatic heterocycles. The van der Waals surface area contributed by atoms with Crippen LogP contribution in [0.25, 0.3) is 6.08 Å². The van der Waals surface area contributed by atoms with Crippen LogP contribution in [-0.4, -0.2) is 49.8 Å². The molecular weight excluding hydrogens is 626 g/mol. The van der Waals surface area contributed by atoms with Gasteiger partial charge in [-0.1, -0.05) is 41.1 Å². The summed E-state index contributed by atoms with van der Waals surface area (Å²) in [6, 6.07) is 17.5. The molecule has 1 aliphatic rings. The van der Waals surface area contributed by atoms with Gasteiger partial charge in [0.25, 0.3) is 11.5 Å². The van der Waals surface area contributed by atoms with Crippen LogP contribution in [0.4, 0.5) is 0 Å². The normalized spacial score (nSPS) is 14.4. The molecule has 2 heterocycles. The zero-order valence-electron chi connectivity index (χ0n) is 26.6. The molecule has 5 rings (SSSR count). The zero-order valence-corrected chi connectivity index (χ0v) is 28.2. The molecule has 0 radical (unpaired) electrons. The summed E-state index contributed by atoms with van der Waals surface area (Å²) in [5.74, 6) is 2.01. The molecule has 0 spiro atoms. The Bertz CT molecular complexity index is 1960. The van der Waals surface area contributed by atoms with Crippen LogP contribution in [0, 0.1) is 0 Å². The van der Waals surface area contributed by atoms with Crippen molar-refractivity contribution in [3.63, 3.8) is 0 Å². The number of benzene rings is 3. The molecule has 240 valence electrons. The van der Waals surface area contributed by atoms with E-state index in [1.165, 1.54) is 11.3 Å². The van der Waals surface area contributed by atoms with Crippen molar-refractivity contribution in [1.29, 1.82) is 0 Å². The van der Waals surface area contributed by atoms with Crippen LogP contribution in [0.3, 0.4) is 0 Å². The highest BCUT2D eigenvalue weighted by Crippen LogP contribution is 2.38. The van der Waals surface area contributed by atoms with Gasteiger partial charge in [-0.05, 0) is 80.4 Å². The van der Waals surface area contributed by atoms with E-state index < -0.39 is 6.04 Å². The van der Waals surface area contributed by atoms with Gasteiger partial charge >= 0.3 is 0 Å². The molecule has 1 amide bonds. The molecule has 0 saturated heterocycles. The van der Waals surface area contributed by atoms with Crippen LogP contribution >= 0.6 is 22.9 Å². The second-order valence-corrected chi connectivity index (χ2v) is 11.9. The average Bonchev–Trinajstić information content (AvgIpc) is 3.37. The predicted octanol–water partition coefficient (Wildman–Crippen LogP) is 5.36. The van der Waals surface area contributed by atoms with Gasteiger partial charge in [-0.15, -0.1) is 0 Å². The molecular formula is C35H36ClN3O6S. The lowest BCUT2D eigenvalue weighted by molar-refractivity contribution is -0.127. The summed E-state index contributed by atoms with van der Waals surface area (Å²) in [7, 11) is 4.71. The Hall–Kier alpha value is -4.54. The minimum atomic E-state index is -0.783. The number of aromatic nitrogens is 1. The molecule has 3 aromatic carbocycles. The summed E-state index contributed by atoms with van der Waals surface area (Å²) >= 11 is 7.26. The Balaban J connectivity index is 1.61. The first-order valence-corrected chi connectivity index (χ1v) is 16.0. The number of allylic oxidation sites excluding steroid dienone is 1. The molecule has 1 aliphatic heterocycles. The number of hydrogen-bond donors (Lipinski definition) is 0. The van der Waals surface area contributed by atoms with Gasteiger partial charge in [-0.25, -0.2) is 4.99 Å². The maximum Gasteiger partial charge on any atom is 0.271 e. The second-order valence-electron chi connectivity index (χ2n) is 10.5. The highest BCUT2D eigenvalue weighted by Gasteiger charge is 2.36. The van der Waals surface area contributed by atoms with Gasteiger partial charge in [0, 0.05) is 23.7 Å².